The second kappa shape index (κ2) is 9.37. The molecule has 0 spiro atoms. The van der Waals surface area contributed by atoms with Crippen LogP contribution in [0.4, 0.5) is 24.5 Å². The molecule has 4 nitrogen and oxygen atoms in total. The Morgan fingerprint density at radius 1 is 1.00 bits per heavy atom. The first-order valence-corrected chi connectivity index (χ1v) is 7.89. The van der Waals surface area contributed by atoms with Crippen molar-refractivity contribution >= 4 is 11.4 Å². The van der Waals surface area contributed by atoms with Crippen LogP contribution in [0.1, 0.15) is 56.9 Å². The topological polar surface area (TPSA) is 69.2 Å². The van der Waals surface area contributed by atoms with E-state index in [4.69, 9.17) is 5.73 Å². The highest BCUT2D eigenvalue weighted by molar-refractivity contribution is 5.52. The molecule has 0 aliphatic rings. The third kappa shape index (κ3) is 8.42. The van der Waals surface area contributed by atoms with Gasteiger partial charge in [0.15, 0.2) is 0 Å². The lowest BCUT2D eigenvalue weighted by Crippen LogP contribution is -2.06. The van der Waals surface area contributed by atoms with E-state index >= 15 is 0 Å². The molecule has 0 unspecified atom stereocenters. The Balaban J connectivity index is 2.14. The molecule has 7 heteroatoms. The SMILES string of the molecule is Nc1ccc([N+](=O)[O-])cc1CCCCCCCCCC(F)(F)F. The smallest absolute Gasteiger partial charge is 0.389 e. The molecule has 0 radical (unpaired) electrons. The molecule has 1 aromatic rings. The van der Waals surface area contributed by atoms with Crippen molar-refractivity contribution in [3.63, 3.8) is 0 Å². The predicted octanol–water partition coefficient (Wildman–Crippen LogP) is 5.40. The van der Waals surface area contributed by atoms with Crippen LogP contribution < -0.4 is 5.73 Å². The third-order valence-corrected chi connectivity index (χ3v) is 3.74. The number of halogens is 3. The lowest BCUT2D eigenvalue weighted by atomic mass is 10.0. The number of unbranched alkanes of at least 4 members (excludes halogenated alkanes) is 6. The van der Waals surface area contributed by atoms with Gasteiger partial charge >= 0.3 is 6.18 Å². The highest BCUT2D eigenvalue weighted by Gasteiger charge is 2.25. The van der Waals surface area contributed by atoms with Gasteiger partial charge in [0.2, 0.25) is 0 Å². The summed E-state index contributed by atoms with van der Waals surface area (Å²) in [6.07, 6.45) is 1.26. The number of nitrogens with two attached hydrogens (primary N) is 1. The van der Waals surface area contributed by atoms with Gasteiger partial charge in [0.1, 0.15) is 0 Å². The summed E-state index contributed by atoms with van der Waals surface area (Å²) in [7, 11) is 0. The number of alkyl halides is 3. The van der Waals surface area contributed by atoms with E-state index in [0.29, 0.717) is 18.5 Å². The molecule has 0 amide bonds. The van der Waals surface area contributed by atoms with E-state index in [0.717, 1.165) is 37.7 Å². The number of aryl methyl sites for hydroxylation is 1. The first-order chi connectivity index (χ1) is 10.8. The molecule has 0 fully saturated rings. The van der Waals surface area contributed by atoms with Gasteiger partial charge in [-0.2, -0.15) is 13.2 Å². The summed E-state index contributed by atoms with van der Waals surface area (Å²) in [6.45, 7) is 0. The van der Waals surface area contributed by atoms with Crippen LogP contribution in [0.25, 0.3) is 0 Å². The monoisotopic (exact) mass is 332 g/mol. The fourth-order valence-corrected chi connectivity index (χ4v) is 2.45. The minimum Gasteiger partial charge on any atom is -0.398 e. The van der Waals surface area contributed by atoms with Crippen molar-refractivity contribution in [3.05, 3.63) is 33.9 Å². The van der Waals surface area contributed by atoms with Crippen LogP contribution in [-0.4, -0.2) is 11.1 Å². The number of non-ortho nitro benzene ring substituents is 1. The Bertz CT molecular complexity index is 505. The maximum Gasteiger partial charge on any atom is 0.389 e. The van der Waals surface area contributed by atoms with Gasteiger partial charge in [0.05, 0.1) is 4.92 Å². The van der Waals surface area contributed by atoms with Crippen molar-refractivity contribution in [1.82, 2.24) is 0 Å². The zero-order chi connectivity index (χ0) is 17.3. The summed E-state index contributed by atoms with van der Waals surface area (Å²) in [5.74, 6) is 0. The molecule has 130 valence electrons. The molecule has 1 rings (SSSR count). The van der Waals surface area contributed by atoms with Gasteiger partial charge in [-0.15, -0.1) is 0 Å². The maximum absolute atomic E-state index is 12.0. The lowest BCUT2D eigenvalue weighted by Gasteiger charge is -2.07. The lowest BCUT2D eigenvalue weighted by molar-refractivity contribution is -0.384. The fraction of sp³-hybridized carbons (Fsp3) is 0.625. The van der Waals surface area contributed by atoms with Crippen molar-refractivity contribution in [3.8, 4) is 0 Å². The Labute approximate surface area is 134 Å². The number of anilines is 1. The largest absolute Gasteiger partial charge is 0.398 e. The molecule has 0 atom stereocenters. The van der Waals surface area contributed by atoms with Crippen LogP contribution >= 0.6 is 0 Å². The second-order valence-electron chi connectivity index (χ2n) is 5.73. The highest BCUT2D eigenvalue weighted by atomic mass is 19.4. The van der Waals surface area contributed by atoms with Crippen molar-refractivity contribution < 1.29 is 18.1 Å². The van der Waals surface area contributed by atoms with Gasteiger partial charge in [0, 0.05) is 24.2 Å². The number of hydrogen-bond donors (Lipinski definition) is 1. The van der Waals surface area contributed by atoms with Gasteiger partial charge in [-0.05, 0) is 30.9 Å². The molecular weight excluding hydrogens is 309 g/mol. The molecule has 0 aromatic heterocycles. The standard InChI is InChI=1S/C16H23F3N2O2/c17-16(18,19)11-7-5-3-1-2-4-6-8-13-12-14(21(22)23)9-10-15(13)20/h9-10,12H,1-8,11,20H2. The van der Waals surface area contributed by atoms with Gasteiger partial charge < -0.3 is 5.73 Å². The molecule has 1 aromatic carbocycles. The Hall–Kier alpha value is -1.79. The van der Waals surface area contributed by atoms with Gasteiger partial charge in [-0.25, -0.2) is 0 Å². The summed E-state index contributed by atoms with van der Waals surface area (Å²) >= 11 is 0. The van der Waals surface area contributed by atoms with Crippen molar-refractivity contribution in [2.24, 2.45) is 0 Å². The summed E-state index contributed by atoms with van der Waals surface area (Å²) in [6, 6.07) is 4.44. The normalized spacial score (nSPS) is 11.6. The minimum atomic E-state index is -4.04. The molecule has 0 bridgehead atoms. The summed E-state index contributed by atoms with van der Waals surface area (Å²) in [4.78, 5) is 10.3. The van der Waals surface area contributed by atoms with E-state index in [2.05, 4.69) is 0 Å². The van der Waals surface area contributed by atoms with Crippen LogP contribution in [0.3, 0.4) is 0 Å². The molecular formula is C16H23F3N2O2. The quantitative estimate of drug-likeness (QED) is 0.270. The molecule has 2 N–H and O–H groups in total. The predicted molar refractivity (Wildman–Crippen MR) is 84.2 cm³/mol. The zero-order valence-electron chi connectivity index (χ0n) is 13.1. The van der Waals surface area contributed by atoms with E-state index in [9.17, 15) is 23.3 Å². The van der Waals surface area contributed by atoms with Crippen LogP contribution in [0, 0.1) is 10.1 Å². The second-order valence-corrected chi connectivity index (χ2v) is 5.73. The van der Waals surface area contributed by atoms with E-state index in [1.165, 1.54) is 12.1 Å². The minimum absolute atomic E-state index is 0.0406. The van der Waals surface area contributed by atoms with Crippen LogP contribution in [0.2, 0.25) is 0 Å². The number of benzene rings is 1. The van der Waals surface area contributed by atoms with Crippen molar-refractivity contribution in [2.75, 3.05) is 5.73 Å². The van der Waals surface area contributed by atoms with Gasteiger partial charge in [-0.1, -0.05) is 32.1 Å². The maximum atomic E-state index is 12.0. The van der Waals surface area contributed by atoms with E-state index in [1.807, 2.05) is 0 Å². The van der Waals surface area contributed by atoms with Crippen LogP contribution in [0.15, 0.2) is 18.2 Å². The first kappa shape index (κ1) is 19.3. The first-order valence-electron chi connectivity index (χ1n) is 7.89. The number of nitrogen functional groups attached to an aromatic ring is 1. The van der Waals surface area contributed by atoms with Gasteiger partial charge in [-0.3, -0.25) is 10.1 Å². The Morgan fingerprint density at radius 2 is 1.57 bits per heavy atom. The van der Waals surface area contributed by atoms with E-state index < -0.39 is 17.5 Å². The number of nitro groups is 1. The summed E-state index contributed by atoms with van der Waals surface area (Å²) in [5.41, 5.74) is 7.19. The summed E-state index contributed by atoms with van der Waals surface area (Å²) in [5, 5.41) is 10.7. The van der Waals surface area contributed by atoms with Crippen molar-refractivity contribution in [2.45, 2.75) is 64.0 Å². The van der Waals surface area contributed by atoms with E-state index in [1.54, 1.807) is 6.07 Å². The molecule has 0 aliphatic heterocycles. The average Bonchev–Trinajstić information content (AvgIpc) is 2.45. The molecule has 0 heterocycles. The Morgan fingerprint density at radius 3 is 2.13 bits per heavy atom. The molecule has 0 aliphatic carbocycles. The number of rotatable bonds is 10. The van der Waals surface area contributed by atoms with Crippen LogP contribution in [-0.2, 0) is 6.42 Å². The highest BCUT2D eigenvalue weighted by Crippen LogP contribution is 2.24. The molecule has 0 saturated heterocycles. The van der Waals surface area contributed by atoms with Gasteiger partial charge in [0.25, 0.3) is 5.69 Å². The fourth-order valence-electron chi connectivity index (χ4n) is 2.45. The number of nitro benzene ring substituents is 1. The Kier molecular flexibility index (Phi) is 7.85. The zero-order valence-corrected chi connectivity index (χ0v) is 13.1. The molecule has 0 saturated carbocycles. The van der Waals surface area contributed by atoms with E-state index in [-0.39, 0.29) is 12.1 Å². The van der Waals surface area contributed by atoms with Crippen LogP contribution in [0.5, 0.6) is 0 Å². The number of hydrogen-bond acceptors (Lipinski definition) is 3. The number of nitrogens with zero attached hydrogens (tertiary/aromatic N) is 1. The summed E-state index contributed by atoms with van der Waals surface area (Å²) < 4.78 is 35.9. The molecule has 23 heavy (non-hydrogen) atoms. The van der Waals surface area contributed by atoms with Crippen molar-refractivity contribution in [1.29, 1.82) is 0 Å². The third-order valence-electron chi connectivity index (χ3n) is 3.74. The average molecular weight is 332 g/mol.